The Morgan fingerprint density at radius 1 is 0.962 bits per heavy atom. The highest BCUT2D eigenvalue weighted by atomic mass is 16.1. The van der Waals surface area contributed by atoms with Gasteiger partial charge in [0.05, 0.1) is 0 Å². The number of hydrogen-bond acceptors (Lipinski definition) is 3. The van der Waals surface area contributed by atoms with Crippen molar-refractivity contribution in [1.82, 2.24) is 0 Å². The summed E-state index contributed by atoms with van der Waals surface area (Å²) in [7, 11) is 0. The van der Waals surface area contributed by atoms with Crippen LogP contribution in [0.5, 0.6) is 0 Å². The quantitative estimate of drug-likeness (QED) is 0.236. The van der Waals surface area contributed by atoms with Crippen molar-refractivity contribution in [1.29, 1.82) is 0 Å². The second-order valence-electron chi connectivity index (χ2n) is 7.18. The summed E-state index contributed by atoms with van der Waals surface area (Å²) in [6, 6.07) is 9.55. The van der Waals surface area contributed by atoms with Crippen LogP contribution in [0, 0.1) is 5.92 Å². The molecule has 0 N–H and O–H groups in total. The number of carbonyl (C=O) groups excluding carboxylic acids is 1. The van der Waals surface area contributed by atoms with Gasteiger partial charge in [0.2, 0.25) is 0 Å². The van der Waals surface area contributed by atoms with Crippen LogP contribution in [0.25, 0.3) is 0 Å². The highest BCUT2D eigenvalue weighted by Gasteiger charge is 2.06. The summed E-state index contributed by atoms with van der Waals surface area (Å²) in [6.45, 7) is 10.5. The Morgan fingerprint density at radius 3 is 2.38 bits per heavy atom. The van der Waals surface area contributed by atoms with Crippen molar-refractivity contribution in [2.75, 3.05) is 13.1 Å². The number of nitrogens with zero attached hydrogens (tertiary/aromatic N) is 2. The fourth-order valence-corrected chi connectivity index (χ4v) is 2.83. The molecule has 0 aromatic heterocycles. The SMILES string of the molecule is CCCN=C(C)C(C)CCCC(C)=NCCCCC(=O)c1ccccc1. The fourth-order valence-electron chi connectivity index (χ4n) is 2.83. The van der Waals surface area contributed by atoms with Crippen LogP contribution in [-0.4, -0.2) is 30.3 Å². The Hall–Kier alpha value is -1.77. The van der Waals surface area contributed by atoms with Gasteiger partial charge in [0.1, 0.15) is 0 Å². The molecule has 0 radical (unpaired) electrons. The second kappa shape index (κ2) is 13.4. The van der Waals surface area contributed by atoms with E-state index < -0.39 is 0 Å². The molecular formula is C23H36N2O. The van der Waals surface area contributed by atoms with Gasteiger partial charge >= 0.3 is 0 Å². The third-order valence-electron chi connectivity index (χ3n) is 4.76. The number of unbranched alkanes of at least 4 members (excludes halogenated alkanes) is 1. The maximum absolute atomic E-state index is 12.0. The standard InChI is InChI=1S/C23H36N2O/c1-5-17-25-21(4)19(2)12-11-13-20(3)24-18-10-9-16-23(26)22-14-7-6-8-15-22/h6-8,14-15,19H,5,9-13,16-18H2,1-4H3. The number of benzene rings is 1. The molecule has 1 rings (SSSR count). The lowest BCUT2D eigenvalue weighted by Gasteiger charge is -2.11. The maximum atomic E-state index is 12.0. The topological polar surface area (TPSA) is 41.8 Å². The van der Waals surface area contributed by atoms with Crippen molar-refractivity contribution in [3.8, 4) is 0 Å². The first-order chi connectivity index (χ1) is 12.5. The molecule has 0 spiro atoms. The predicted molar refractivity (Wildman–Crippen MR) is 114 cm³/mol. The Morgan fingerprint density at radius 2 is 1.69 bits per heavy atom. The predicted octanol–water partition coefficient (Wildman–Crippen LogP) is 6.18. The van der Waals surface area contributed by atoms with Crippen LogP contribution < -0.4 is 0 Å². The van der Waals surface area contributed by atoms with Crippen molar-refractivity contribution >= 4 is 17.2 Å². The number of hydrogen-bond donors (Lipinski definition) is 0. The zero-order valence-corrected chi connectivity index (χ0v) is 17.1. The summed E-state index contributed by atoms with van der Waals surface area (Å²) in [6.07, 6.45) is 7.04. The first-order valence-corrected chi connectivity index (χ1v) is 10.1. The Kier molecular flexibility index (Phi) is 11.5. The van der Waals surface area contributed by atoms with Gasteiger partial charge in [0, 0.05) is 36.5 Å². The molecule has 1 aromatic carbocycles. The van der Waals surface area contributed by atoms with Crippen LogP contribution in [0.15, 0.2) is 40.3 Å². The fraction of sp³-hybridized carbons (Fsp3) is 0.609. The van der Waals surface area contributed by atoms with Crippen molar-refractivity contribution < 1.29 is 4.79 Å². The van der Waals surface area contributed by atoms with Crippen LogP contribution in [0.4, 0.5) is 0 Å². The Labute approximate surface area is 160 Å². The van der Waals surface area contributed by atoms with Gasteiger partial charge in [-0.3, -0.25) is 14.8 Å². The van der Waals surface area contributed by atoms with E-state index >= 15 is 0 Å². The number of carbonyl (C=O) groups is 1. The van der Waals surface area contributed by atoms with E-state index in [0.29, 0.717) is 12.3 Å². The number of ketones is 1. The summed E-state index contributed by atoms with van der Waals surface area (Å²) < 4.78 is 0. The summed E-state index contributed by atoms with van der Waals surface area (Å²) in [5.74, 6) is 0.804. The first-order valence-electron chi connectivity index (χ1n) is 10.1. The molecule has 0 aliphatic heterocycles. The van der Waals surface area contributed by atoms with Crippen molar-refractivity contribution in [3.63, 3.8) is 0 Å². The van der Waals surface area contributed by atoms with Gasteiger partial charge in [0.25, 0.3) is 0 Å². The molecule has 0 aliphatic rings. The van der Waals surface area contributed by atoms with E-state index in [1.807, 2.05) is 30.3 Å². The number of rotatable bonds is 13. The summed E-state index contributed by atoms with van der Waals surface area (Å²) in [5, 5.41) is 0. The molecule has 1 atom stereocenters. The van der Waals surface area contributed by atoms with E-state index in [-0.39, 0.29) is 5.78 Å². The summed E-state index contributed by atoms with van der Waals surface area (Å²) in [5.41, 5.74) is 3.33. The van der Waals surface area contributed by atoms with Crippen molar-refractivity contribution in [2.45, 2.75) is 72.6 Å². The average molecular weight is 357 g/mol. The van der Waals surface area contributed by atoms with E-state index in [1.54, 1.807) is 0 Å². The third kappa shape index (κ3) is 9.65. The lowest BCUT2D eigenvalue weighted by atomic mass is 9.98. The summed E-state index contributed by atoms with van der Waals surface area (Å²) >= 11 is 0. The molecule has 0 heterocycles. The zero-order valence-electron chi connectivity index (χ0n) is 17.1. The van der Waals surface area contributed by atoms with E-state index in [2.05, 4.69) is 37.7 Å². The third-order valence-corrected chi connectivity index (χ3v) is 4.76. The van der Waals surface area contributed by atoms with Crippen LogP contribution in [0.1, 0.15) is 83.0 Å². The van der Waals surface area contributed by atoms with E-state index in [0.717, 1.165) is 44.3 Å². The first kappa shape index (κ1) is 22.3. The monoisotopic (exact) mass is 356 g/mol. The number of aliphatic imine (C=N–C) groups is 2. The Balaban J connectivity index is 2.15. The highest BCUT2D eigenvalue weighted by molar-refractivity contribution is 5.95. The van der Waals surface area contributed by atoms with Gasteiger partial charge in [-0.15, -0.1) is 0 Å². The van der Waals surface area contributed by atoms with Crippen molar-refractivity contribution in [2.24, 2.45) is 15.9 Å². The van der Waals surface area contributed by atoms with Crippen LogP contribution in [0.2, 0.25) is 0 Å². The molecule has 1 unspecified atom stereocenters. The van der Waals surface area contributed by atoms with E-state index in [9.17, 15) is 4.79 Å². The molecule has 0 aliphatic carbocycles. The minimum Gasteiger partial charge on any atom is -0.294 e. The van der Waals surface area contributed by atoms with E-state index in [1.165, 1.54) is 24.3 Å². The highest BCUT2D eigenvalue weighted by Crippen LogP contribution is 2.11. The van der Waals surface area contributed by atoms with Gasteiger partial charge in [-0.2, -0.15) is 0 Å². The van der Waals surface area contributed by atoms with E-state index in [4.69, 9.17) is 0 Å². The van der Waals surface area contributed by atoms with Crippen LogP contribution in [-0.2, 0) is 0 Å². The van der Waals surface area contributed by atoms with Crippen LogP contribution >= 0.6 is 0 Å². The lowest BCUT2D eigenvalue weighted by molar-refractivity contribution is 0.0979. The normalized spacial score (nSPS) is 13.7. The molecule has 3 nitrogen and oxygen atoms in total. The van der Waals surface area contributed by atoms with Gasteiger partial charge in [-0.25, -0.2) is 0 Å². The molecule has 0 saturated carbocycles. The Bertz CT molecular complexity index is 575. The molecular weight excluding hydrogens is 320 g/mol. The number of Topliss-reactive ketones (excluding diaryl/α,β-unsaturated/α-hetero) is 1. The minimum absolute atomic E-state index is 0.236. The molecule has 0 amide bonds. The minimum atomic E-state index is 0.236. The molecule has 3 heteroatoms. The second-order valence-corrected chi connectivity index (χ2v) is 7.18. The molecule has 26 heavy (non-hydrogen) atoms. The van der Waals surface area contributed by atoms with Crippen LogP contribution in [0.3, 0.4) is 0 Å². The molecule has 0 saturated heterocycles. The largest absolute Gasteiger partial charge is 0.294 e. The zero-order chi connectivity index (χ0) is 19.2. The summed E-state index contributed by atoms with van der Waals surface area (Å²) in [4.78, 5) is 21.3. The van der Waals surface area contributed by atoms with Gasteiger partial charge in [-0.1, -0.05) is 44.2 Å². The average Bonchev–Trinajstić information content (AvgIpc) is 2.66. The molecule has 0 fully saturated rings. The van der Waals surface area contributed by atoms with Gasteiger partial charge in [0.15, 0.2) is 5.78 Å². The maximum Gasteiger partial charge on any atom is 0.162 e. The lowest BCUT2D eigenvalue weighted by Crippen LogP contribution is -2.08. The molecule has 1 aromatic rings. The van der Waals surface area contributed by atoms with Gasteiger partial charge in [-0.05, 0) is 58.3 Å². The smallest absolute Gasteiger partial charge is 0.162 e. The van der Waals surface area contributed by atoms with Gasteiger partial charge < -0.3 is 0 Å². The molecule has 0 bridgehead atoms. The van der Waals surface area contributed by atoms with Crippen molar-refractivity contribution in [3.05, 3.63) is 35.9 Å². The molecule has 144 valence electrons.